The van der Waals surface area contributed by atoms with E-state index in [9.17, 15) is 5.11 Å². The number of aromatic nitrogens is 2. The van der Waals surface area contributed by atoms with Crippen LogP contribution in [0.15, 0.2) is 6.33 Å². The Morgan fingerprint density at radius 3 is 3.29 bits per heavy atom. The molecule has 4 heteroatoms. The Kier molecular flexibility index (Phi) is 2.56. The molecule has 1 aliphatic heterocycles. The van der Waals surface area contributed by atoms with Gasteiger partial charge < -0.3 is 15.4 Å². The van der Waals surface area contributed by atoms with Crippen LogP contribution < -0.4 is 5.73 Å². The Balaban J connectivity index is 2.30. The van der Waals surface area contributed by atoms with E-state index in [1.165, 1.54) is 12.1 Å². The molecule has 2 rings (SSSR count). The lowest BCUT2D eigenvalue weighted by Gasteiger charge is -2.22. The normalized spacial score (nSPS) is 23.2. The van der Waals surface area contributed by atoms with Gasteiger partial charge in [-0.05, 0) is 18.8 Å². The Morgan fingerprint density at radius 1 is 1.79 bits per heavy atom. The Bertz CT molecular complexity index is 321. The van der Waals surface area contributed by atoms with Gasteiger partial charge in [0.15, 0.2) is 0 Å². The van der Waals surface area contributed by atoms with Crippen molar-refractivity contribution >= 4 is 0 Å². The van der Waals surface area contributed by atoms with Gasteiger partial charge in [-0.3, -0.25) is 0 Å². The van der Waals surface area contributed by atoms with Crippen molar-refractivity contribution in [2.24, 2.45) is 11.7 Å². The largest absolute Gasteiger partial charge is 0.385 e. The second-order valence-corrected chi connectivity index (χ2v) is 4.12. The van der Waals surface area contributed by atoms with E-state index in [1.54, 1.807) is 0 Å². The highest BCUT2D eigenvalue weighted by molar-refractivity contribution is 5.18. The number of fused-ring (bicyclic) bond motifs is 1. The molecule has 0 spiro atoms. The van der Waals surface area contributed by atoms with Gasteiger partial charge in [-0.25, -0.2) is 4.98 Å². The minimum atomic E-state index is -0.600. The molecule has 2 heterocycles. The fourth-order valence-corrected chi connectivity index (χ4v) is 2.02. The topological polar surface area (TPSA) is 64.1 Å². The number of nitrogens with zero attached hydrogens (tertiary/aromatic N) is 2. The average molecular weight is 195 g/mol. The van der Waals surface area contributed by atoms with Crippen molar-refractivity contribution in [3.8, 4) is 0 Å². The lowest BCUT2D eigenvalue weighted by Crippen LogP contribution is -2.20. The maximum Gasteiger partial charge on any atom is 0.110 e. The number of rotatable bonds is 2. The third kappa shape index (κ3) is 1.55. The number of aliphatic hydroxyl groups excluding tert-OH is 1. The highest BCUT2D eigenvalue weighted by atomic mass is 16.3. The van der Waals surface area contributed by atoms with Crippen LogP contribution in [0, 0.1) is 5.92 Å². The van der Waals surface area contributed by atoms with Gasteiger partial charge in [0.2, 0.25) is 0 Å². The molecule has 1 aliphatic rings. The molecule has 0 aliphatic carbocycles. The summed E-state index contributed by atoms with van der Waals surface area (Å²) >= 11 is 0. The summed E-state index contributed by atoms with van der Waals surface area (Å²) in [6.45, 7) is 3.49. The molecule has 0 saturated carbocycles. The lowest BCUT2D eigenvalue weighted by atomic mass is 9.96. The van der Waals surface area contributed by atoms with Gasteiger partial charge in [-0.2, -0.15) is 0 Å². The summed E-state index contributed by atoms with van der Waals surface area (Å²) in [5.74, 6) is 0.683. The molecule has 78 valence electrons. The third-order valence-corrected chi connectivity index (χ3v) is 2.92. The number of hydrogen-bond acceptors (Lipinski definition) is 3. The van der Waals surface area contributed by atoms with Gasteiger partial charge in [-0.1, -0.05) is 6.92 Å². The Morgan fingerprint density at radius 2 is 2.57 bits per heavy atom. The van der Waals surface area contributed by atoms with E-state index >= 15 is 0 Å². The van der Waals surface area contributed by atoms with Crippen LogP contribution >= 0.6 is 0 Å². The van der Waals surface area contributed by atoms with Gasteiger partial charge in [0.1, 0.15) is 6.10 Å². The van der Waals surface area contributed by atoms with Crippen LogP contribution in [0.1, 0.15) is 30.8 Å². The molecule has 0 aromatic carbocycles. The van der Waals surface area contributed by atoms with Crippen molar-refractivity contribution in [3.05, 3.63) is 17.7 Å². The van der Waals surface area contributed by atoms with E-state index in [2.05, 4.69) is 16.5 Å². The van der Waals surface area contributed by atoms with Crippen molar-refractivity contribution in [3.63, 3.8) is 0 Å². The summed E-state index contributed by atoms with van der Waals surface area (Å²) in [6.07, 6.45) is 3.42. The van der Waals surface area contributed by atoms with Crippen LogP contribution in [0.2, 0.25) is 0 Å². The van der Waals surface area contributed by atoms with E-state index in [1.807, 2.05) is 6.33 Å². The van der Waals surface area contributed by atoms with E-state index in [0.29, 0.717) is 5.92 Å². The minimum absolute atomic E-state index is 0.248. The second kappa shape index (κ2) is 3.71. The zero-order chi connectivity index (χ0) is 10.1. The highest BCUT2D eigenvalue weighted by Gasteiger charge is 2.22. The molecule has 1 aromatic rings. The predicted molar refractivity (Wildman–Crippen MR) is 53.7 cm³/mol. The van der Waals surface area contributed by atoms with Crippen molar-refractivity contribution in [1.29, 1.82) is 0 Å². The summed E-state index contributed by atoms with van der Waals surface area (Å²) in [4.78, 5) is 4.24. The molecular weight excluding hydrogens is 178 g/mol. The van der Waals surface area contributed by atoms with E-state index in [4.69, 9.17) is 5.73 Å². The summed E-state index contributed by atoms with van der Waals surface area (Å²) in [6, 6.07) is 0. The maximum absolute atomic E-state index is 9.66. The minimum Gasteiger partial charge on any atom is -0.385 e. The monoisotopic (exact) mass is 195 g/mol. The van der Waals surface area contributed by atoms with Gasteiger partial charge in [-0.15, -0.1) is 0 Å². The highest BCUT2D eigenvalue weighted by Crippen LogP contribution is 2.25. The van der Waals surface area contributed by atoms with Gasteiger partial charge >= 0.3 is 0 Å². The Labute approximate surface area is 83.8 Å². The van der Waals surface area contributed by atoms with Crippen molar-refractivity contribution in [2.75, 3.05) is 6.54 Å². The fourth-order valence-electron chi connectivity index (χ4n) is 2.02. The first-order valence-electron chi connectivity index (χ1n) is 5.14. The van der Waals surface area contributed by atoms with Crippen molar-refractivity contribution < 1.29 is 5.11 Å². The van der Waals surface area contributed by atoms with E-state index in [0.717, 1.165) is 18.7 Å². The summed E-state index contributed by atoms with van der Waals surface area (Å²) in [7, 11) is 0. The molecule has 14 heavy (non-hydrogen) atoms. The molecular formula is C10H17N3O. The molecule has 0 amide bonds. The van der Waals surface area contributed by atoms with Gasteiger partial charge in [0.05, 0.1) is 12.0 Å². The number of aliphatic hydroxyl groups is 1. The van der Waals surface area contributed by atoms with Crippen molar-refractivity contribution in [2.45, 2.75) is 32.4 Å². The summed E-state index contributed by atoms with van der Waals surface area (Å²) in [5, 5.41) is 9.66. The number of nitrogens with two attached hydrogens (primary N) is 1. The number of imidazole rings is 1. The van der Waals surface area contributed by atoms with Crippen LogP contribution in [-0.4, -0.2) is 21.2 Å². The molecule has 4 nitrogen and oxygen atoms in total. The smallest absolute Gasteiger partial charge is 0.110 e. The molecule has 0 radical (unpaired) electrons. The molecule has 1 aromatic heterocycles. The SMILES string of the molecule is CC1CCn2cnc(C(O)CN)c2C1. The number of aryl methyl sites for hydroxylation is 1. The zero-order valence-corrected chi connectivity index (χ0v) is 8.48. The first-order chi connectivity index (χ1) is 6.72. The van der Waals surface area contributed by atoms with Crippen LogP contribution in [-0.2, 0) is 13.0 Å². The molecule has 2 unspecified atom stereocenters. The maximum atomic E-state index is 9.66. The van der Waals surface area contributed by atoms with Gasteiger partial charge in [0.25, 0.3) is 0 Å². The van der Waals surface area contributed by atoms with E-state index in [-0.39, 0.29) is 6.54 Å². The van der Waals surface area contributed by atoms with Crippen LogP contribution in [0.3, 0.4) is 0 Å². The van der Waals surface area contributed by atoms with Gasteiger partial charge in [0, 0.05) is 18.8 Å². The average Bonchev–Trinajstić information content (AvgIpc) is 2.59. The standard InChI is InChI=1S/C10H17N3O/c1-7-2-3-13-6-12-10(8(13)4-7)9(14)5-11/h6-7,9,14H,2-5,11H2,1H3. The third-order valence-electron chi connectivity index (χ3n) is 2.92. The first-order valence-corrected chi connectivity index (χ1v) is 5.14. The summed E-state index contributed by atoms with van der Waals surface area (Å²) in [5.41, 5.74) is 7.38. The Hall–Kier alpha value is -0.870. The summed E-state index contributed by atoms with van der Waals surface area (Å²) < 4.78 is 2.13. The quantitative estimate of drug-likeness (QED) is 0.720. The molecule has 0 fully saturated rings. The van der Waals surface area contributed by atoms with E-state index < -0.39 is 6.10 Å². The van der Waals surface area contributed by atoms with Crippen LogP contribution in [0.5, 0.6) is 0 Å². The van der Waals surface area contributed by atoms with Crippen LogP contribution in [0.4, 0.5) is 0 Å². The second-order valence-electron chi connectivity index (χ2n) is 4.12. The zero-order valence-electron chi connectivity index (χ0n) is 8.48. The molecule has 2 atom stereocenters. The lowest BCUT2D eigenvalue weighted by molar-refractivity contribution is 0.180. The molecule has 0 saturated heterocycles. The van der Waals surface area contributed by atoms with Crippen LogP contribution in [0.25, 0.3) is 0 Å². The first kappa shape index (κ1) is 9.68. The fraction of sp³-hybridized carbons (Fsp3) is 0.700. The number of hydrogen-bond donors (Lipinski definition) is 2. The molecule has 0 bridgehead atoms. The van der Waals surface area contributed by atoms with Crippen molar-refractivity contribution in [1.82, 2.24) is 9.55 Å². The molecule has 3 N–H and O–H groups in total. The predicted octanol–water partition coefficient (Wildman–Crippen LogP) is 0.458.